The van der Waals surface area contributed by atoms with Crippen LogP contribution >= 0.6 is 23.7 Å². The summed E-state index contributed by atoms with van der Waals surface area (Å²) >= 11 is 1.71. The van der Waals surface area contributed by atoms with Crippen LogP contribution in [0.15, 0.2) is 24.3 Å². The maximum atomic E-state index is 12.0. The third-order valence-electron chi connectivity index (χ3n) is 3.64. The second-order valence-electron chi connectivity index (χ2n) is 5.16. The van der Waals surface area contributed by atoms with Crippen molar-refractivity contribution < 1.29 is 4.79 Å². The second kappa shape index (κ2) is 7.73. The SMILES string of the molecule is Cl.O=C(NCCc1nc2ccccc2s1)[C@@H]1CCCNC1. The first kappa shape index (κ1) is 16.2. The van der Waals surface area contributed by atoms with Crippen molar-refractivity contribution in [2.45, 2.75) is 19.3 Å². The number of hydrogen-bond donors (Lipinski definition) is 2. The predicted octanol–water partition coefficient (Wildman–Crippen LogP) is 2.38. The Labute approximate surface area is 134 Å². The van der Waals surface area contributed by atoms with E-state index in [1.54, 1.807) is 11.3 Å². The first-order valence-electron chi connectivity index (χ1n) is 7.16. The highest BCUT2D eigenvalue weighted by atomic mass is 35.5. The van der Waals surface area contributed by atoms with Crippen molar-refractivity contribution in [2.24, 2.45) is 5.92 Å². The van der Waals surface area contributed by atoms with E-state index in [0.717, 1.165) is 42.9 Å². The minimum Gasteiger partial charge on any atom is -0.355 e. The predicted molar refractivity (Wildman–Crippen MR) is 89.2 cm³/mol. The summed E-state index contributed by atoms with van der Waals surface area (Å²) in [5.41, 5.74) is 1.05. The molecule has 0 radical (unpaired) electrons. The summed E-state index contributed by atoms with van der Waals surface area (Å²) in [7, 11) is 0. The Morgan fingerprint density at radius 3 is 3.05 bits per heavy atom. The van der Waals surface area contributed by atoms with Gasteiger partial charge in [-0.2, -0.15) is 0 Å². The fourth-order valence-corrected chi connectivity index (χ4v) is 3.51. The number of carbonyl (C=O) groups excluding carboxylic acids is 1. The Morgan fingerprint density at radius 2 is 2.29 bits per heavy atom. The van der Waals surface area contributed by atoms with Crippen molar-refractivity contribution >= 4 is 39.9 Å². The van der Waals surface area contributed by atoms with Crippen LogP contribution in [0.3, 0.4) is 0 Å². The monoisotopic (exact) mass is 325 g/mol. The summed E-state index contributed by atoms with van der Waals surface area (Å²) in [6.07, 6.45) is 2.90. The van der Waals surface area contributed by atoms with Crippen molar-refractivity contribution in [1.29, 1.82) is 0 Å². The number of rotatable bonds is 4. The number of carbonyl (C=O) groups is 1. The Balaban J connectivity index is 0.00000161. The molecule has 1 aliphatic rings. The van der Waals surface area contributed by atoms with Gasteiger partial charge in [-0.05, 0) is 31.5 Å². The largest absolute Gasteiger partial charge is 0.355 e. The third-order valence-corrected chi connectivity index (χ3v) is 4.74. The van der Waals surface area contributed by atoms with Gasteiger partial charge in [-0.3, -0.25) is 4.79 Å². The minimum atomic E-state index is 0. The summed E-state index contributed by atoms with van der Waals surface area (Å²) in [5.74, 6) is 0.317. The van der Waals surface area contributed by atoms with Gasteiger partial charge in [-0.1, -0.05) is 12.1 Å². The molecule has 4 nitrogen and oxygen atoms in total. The molecule has 1 aromatic heterocycles. The molecule has 2 N–H and O–H groups in total. The van der Waals surface area contributed by atoms with E-state index in [4.69, 9.17) is 0 Å². The van der Waals surface area contributed by atoms with Gasteiger partial charge in [0.25, 0.3) is 0 Å². The number of halogens is 1. The van der Waals surface area contributed by atoms with Crippen molar-refractivity contribution in [3.63, 3.8) is 0 Å². The molecule has 0 spiro atoms. The number of amides is 1. The lowest BCUT2D eigenvalue weighted by Crippen LogP contribution is -2.41. The van der Waals surface area contributed by atoms with Crippen LogP contribution in [0, 0.1) is 5.92 Å². The average Bonchev–Trinajstić information content (AvgIpc) is 2.90. The number of piperidine rings is 1. The molecule has 3 rings (SSSR count). The molecule has 1 aliphatic heterocycles. The Kier molecular flexibility index (Phi) is 5.96. The Morgan fingerprint density at radius 1 is 1.43 bits per heavy atom. The zero-order valence-corrected chi connectivity index (χ0v) is 13.4. The Bertz CT molecular complexity index is 562. The van der Waals surface area contributed by atoms with Gasteiger partial charge in [0.05, 0.1) is 21.1 Å². The normalized spacial score (nSPS) is 18.2. The summed E-state index contributed by atoms with van der Waals surface area (Å²) < 4.78 is 1.21. The summed E-state index contributed by atoms with van der Waals surface area (Å²) in [6, 6.07) is 8.15. The Hall–Kier alpha value is -1.17. The second-order valence-corrected chi connectivity index (χ2v) is 6.27. The molecule has 0 saturated carbocycles. The molecule has 1 aromatic carbocycles. The van der Waals surface area contributed by atoms with Crippen LogP contribution in [0.4, 0.5) is 0 Å². The quantitative estimate of drug-likeness (QED) is 0.907. The highest BCUT2D eigenvalue weighted by Crippen LogP contribution is 2.21. The van der Waals surface area contributed by atoms with E-state index < -0.39 is 0 Å². The maximum absolute atomic E-state index is 12.0. The molecule has 1 saturated heterocycles. The first-order chi connectivity index (χ1) is 9.83. The number of benzene rings is 1. The van der Waals surface area contributed by atoms with E-state index in [1.807, 2.05) is 18.2 Å². The summed E-state index contributed by atoms with van der Waals surface area (Å²) in [6.45, 7) is 2.53. The van der Waals surface area contributed by atoms with E-state index in [2.05, 4.69) is 21.7 Å². The van der Waals surface area contributed by atoms with Crippen molar-refractivity contribution in [3.05, 3.63) is 29.3 Å². The zero-order valence-electron chi connectivity index (χ0n) is 11.8. The van der Waals surface area contributed by atoms with Gasteiger partial charge in [0.15, 0.2) is 0 Å². The number of para-hydroxylation sites is 1. The van der Waals surface area contributed by atoms with Crippen LogP contribution in [0.25, 0.3) is 10.2 Å². The fraction of sp³-hybridized carbons (Fsp3) is 0.467. The standard InChI is InChI=1S/C15H19N3OS.ClH/c19-15(11-4-3-8-16-10-11)17-9-7-14-18-12-5-1-2-6-13(12)20-14;/h1-2,5-6,11,16H,3-4,7-10H2,(H,17,19);1H/t11-;/m1./s1. The van der Waals surface area contributed by atoms with Gasteiger partial charge in [-0.15, -0.1) is 23.7 Å². The van der Waals surface area contributed by atoms with Gasteiger partial charge >= 0.3 is 0 Å². The molecule has 0 unspecified atom stereocenters. The lowest BCUT2D eigenvalue weighted by molar-refractivity contribution is -0.125. The number of fused-ring (bicyclic) bond motifs is 1. The van der Waals surface area contributed by atoms with E-state index in [-0.39, 0.29) is 24.2 Å². The van der Waals surface area contributed by atoms with Crippen LogP contribution in [-0.4, -0.2) is 30.5 Å². The third kappa shape index (κ3) is 4.15. The van der Waals surface area contributed by atoms with E-state index in [9.17, 15) is 4.79 Å². The summed E-state index contributed by atoms with van der Waals surface area (Å²) in [4.78, 5) is 16.6. The average molecular weight is 326 g/mol. The van der Waals surface area contributed by atoms with Crippen LogP contribution < -0.4 is 10.6 Å². The van der Waals surface area contributed by atoms with Crippen LogP contribution in [0.1, 0.15) is 17.8 Å². The highest BCUT2D eigenvalue weighted by Gasteiger charge is 2.20. The van der Waals surface area contributed by atoms with Crippen LogP contribution in [-0.2, 0) is 11.2 Å². The van der Waals surface area contributed by atoms with Crippen molar-refractivity contribution in [3.8, 4) is 0 Å². The van der Waals surface area contributed by atoms with Gasteiger partial charge < -0.3 is 10.6 Å². The van der Waals surface area contributed by atoms with E-state index in [0.29, 0.717) is 6.54 Å². The molecule has 0 aliphatic carbocycles. The van der Waals surface area contributed by atoms with Crippen LogP contribution in [0.2, 0.25) is 0 Å². The molecule has 1 amide bonds. The maximum Gasteiger partial charge on any atom is 0.224 e. The number of aromatic nitrogens is 1. The molecule has 21 heavy (non-hydrogen) atoms. The van der Waals surface area contributed by atoms with Crippen molar-refractivity contribution in [1.82, 2.24) is 15.6 Å². The number of nitrogens with zero attached hydrogens (tertiary/aromatic N) is 1. The smallest absolute Gasteiger partial charge is 0.224 e. The van der Waals surface area contributed by atoms with Crippen LogP contribution in [0.5, 0.6) is 0 Å². The zero-order chi connectivity index (χ0) is 13.8. The molecule has 0 bridgehead atoms. The van der Waals surface area contributed by atoms with Gasteiger partial charge in [0, 0.05) is 19.5 Å². The lowest BCUT2D eigenvalue weighted by Gasteiger charge is -2.21. The molecule has 1 fully saturated rings. The highest BCUT2D eigenvalue weighted by molar-refractivity contribution is 7.18. The van der Waals surface area contributed by atoms with Gasteiger partial charge in [0.2, 0.25) is 5.91 Å². The lowest BCUT2D eigenvalue weighted by atomic mass is 9.99. The summed E-state index contributed by atoms with van der Waals surface area (Å²) in [5, 5.41) is 7.39. The van der Waals surface area contributed by atoms with E-state index in [1.165, 1.54) is 4.70 Å². The molecule has 6 heteroatoms. The van der Waals surface area contributed by atoms with Crippen molar-refractivity contribution in [2.75, 3.05) is 19.6 Å². The van der Waals surface area contributed by atoms with E-state index >= 15 is 0 Å². The molecule has 2 heterocycles. The molecule has 1 atom stereocenters. The minimum absolute atomic E-state index is 0. The molecular formula is C15H20ClN3OS. The van der Waals surface area contributed by atoms with Gasteiger partial charge in [-0.25, -0.2) is 4.98 Å². The topological polar surface area (TPSA) is 54.0 Å². The molecular weight excluding hydrogens is 306 g/mol. The number of thiazole rings is 1. The fourth-order valence-electron chi connectivity index (χ4n) is 2.54. The molecule has 2 aromatic rings. The van der Waals surface area contributed by atoms with Gasteiger partial charge in [0.1, 0.15) is 0 Å². The number of nitrogens with one attached hydrogen (secondary N) is 2. The number of hydrogen-bond acceptors (Lipinski definition) is 4. The molecule has 114 valence electrons. The first-order valence-corrected chi connectivity index (χ1v) is 7.97.